The molecule has 0 aliphatic carbocycles. The van der Waals surface area contributed by atoms with Crippen molar-refractivity contribution < 1.29 is 14.6 Å². The minimum atomic E-state index is -0.243. The zero-order chi connectivity index (χ0) is 16.7. The Bertz CT molecular complexity index is 544. The minimum absolute atomic E-state index is 0.0972. The SMILES string of the molecule is CCNC(=NCC(C)(C)CO)Nc1ccc2c(c1)OCCCO2. The predicted octanol–water partition coefficient (Wildman–Crippen LogP) is 2.24. The summed E-state index contributed by atoms with van der Waals surface area (Å²) in [6.07, 6.45) is 0.887. The number of guanidine groups is 1. The van der Waals surface area contributed by atoms with Crippen LogP contribution in [0.5, 0.6) is 11.5 Å². The summed E-state index contributed by atoms with van der Waals surface area (Å²) in [5.41, 5.74) is 0.642. The summed E-state index contributed by atoms with van der Waals surface area (Å²) in [6, 6.07) is 5.77. The largest absolute Gasteiger partial charge is 0.490 e. The molecule has 0 saturated carbocycles. The maximum atomic E-state index is 9.35. The van der Waals surface area contributed by atoms with E-state index in [0.29, 0.717) is 25.7 Å². The third-order valence-corrected chi connectivity index (χ3v) is 3.45. The molecule has 1 aromatic rings. The van der Waals surface area contributed by atoms with Crippen molar-refractivity contribution in [3.05, 3.63) is 18.2 Å². The maximum Gasteiger partial charge on any atom is 0.195 e. The number of aliphatic hydroxyl groups is 1. The van der Waals surface area contributed by atoms with Crippen molar-refractivity contribution >= 4 is 11.6 Å². The number of benzene rings is 1. The van der Waals surface area contributed by atoms with E-state index < -0.39 is 0 Å². The zero-order valence-corrected chi connectivity index (χ0v) is 14.2. The van der Waals surface area contributed by atoms with Gasteiger partial charge in [0.2, 0.25) is 0 Å². The van der Waals surface area contributed by atoms with Crippen LogP contribution in [0.1, 0.15) is 27.2 Å². The Morgan fingerprint density at radius 1 is 1.26 bits per heavy atom. The normalized spacial score (nSPS) is 15.0. The van der Waals surface area contributed by atoms with Gasteiger partial charge < -0.3 is 25.2 Å². The fraction of sp³-hybridized carbons (Fsp3) is 0.588. The lowest BCUT2D eigenvalue weighted by Gasteiger charge is -2.20. The Labute approximate surface area is 137 Å². The van der Waals surface area contributed by atoms with Gasteiger partial charge in [-0.2, -0.15) is 0 Å². The molecule has 0 atom stereocenters. The van der Waals surface area contributed by atoms with Crippen LogP contribution in [0.25, 0.3) is 0 Å². The predicted molar refractivity (Wildman–Crippen MR) is 92.5 cm³/mol. The summed E-state index contributed by atoms with van der Waals surface area (Å²) in [7, 11) is 0. The molecule has 128 valence electrons. The first kappa shape index (κ1) is 17.4. The average molecular weight is 321 g/mol. The van der Waals surface area contributed by atoms with Crippen molar-refractivity contribution in [1.82, 2.24) is 5.32 Å². The standard InChI is InChI=1S/C17H27N3O3/c1-4-18-16(19-11-17(2,3)12-21)20-13-6-7-14-15(10-13)23-9-5-8-22-14/h6-7,10,21H,4-5,8-9,11-12H2,1-3H3,(H2,18,19,20). The molecule has 6 heteroatoms. The molecule has 0 spiro atoms. The van der Waals surface area contributed by atoms with Crippen LogP contribution in [0.4, 0.5) is 5.69 Å². The fourth-order valence-electron chi connectivity index (χ4n) is 2.03. The van der Waals surface area contributed by atoms with E-state index in [1.54, 1.807) is 0 Å². The molecular formula is C17H27N3O3. The second-order valence-corrected chi connectivity index (χ2v) is 6.35. The Morgan fingerprint density at radius 2 is 2.00 bits per heavy atom. The van der Waals surface area contributed by atoms with Gasteiger partial charge in [0, 0.05) is 36.7 Å². The number of hydrogen-bond acceptors (Lipinski definition) is 4. The number of hydrogen-bond donors (Lipinski definition) is 3. The first-order chi connectivity index (χ1) is 11.0. The highest BCUT2D eigenvalue weighted by Gasteiger charge is 2.16. The van der Waals surface area contributed by atoms with E-state index >= 15 is 0 Å². The Morgan fingerprint density at radius 3 is 2.70 bits per heavy atom. The van der Waals surface area contributed by atoms with E-state index in [2.05, 4.69) is 15.6 Å². The smallest absolute Gasteiger partial charge is 0.195 e. The molecule has 1 aliphatic heterocycles. The monoisotopic (exact) mass is 321 g/mol. The molecule has 23 heavy (non-hydrogen) atoms. The molecule has 6 nitrogen and oxygen atoms in total. The molecule has 0 saturated heterocycles. The van der Waals surface area contributed by atoms with Crippen LogP contribution < -0.4 is 20.1 Å². The van der Waals surface area contributed by atoms with Gasteiger partial charge in [-0.15, -0.1) is 0 Å². The number of nitrogens with one attached hydrogen (secondary N) is 2. The molecule has 1 aromatic carbocycles. The van der Waals surface area contributed by atoms with E-state index in [9.17, 15) is 5.11 Å². The number of ether oxygens (including phenoxy) is 2. The molecule has 0 aromatic heterocycles. The molecule has 1 heterocycles. The average Bonchev–Trinajstić information content (AvgIpc) is 2.78. The van der Waals surface area contributed by atoms with Crippen molar-refractivity contribution in [2.75, 3.05) is 38.2 Å². The first-order valence-corrected chi connectivity index (χ1v) is 8.10. The molecule has 0 radical (unpaired) electrons. The Balaban J connectivity index is 2.10. The van der Waals surface area contributed by atoms with Crippen LogP contribution in [0, 0.1) is 5.41 Å². The summed E-state index contributed by atoms with van der Waals surface area (Å²) in [5.74, 6) is 2.21. The van der Waals surface area contributed by atoms with Crippen LogP contribution in [0.15, 0.2) is 23.2 Å². The van der Waals surface area contributed by atoms with Crippen molar-refractivity contribution in [1.29, 1.82) is 0 Å². The Kier molecular flexibility index (Phi) is 6.10. The lowest BCUT2D eigenvalue weighted by molar-refractivity contribution is 0.167. The van der Waals surface area contributed by atoms with Crippen molar-refractivity contribution in [3.8, 4) is 11.5 Å². The molecule has 0 fully saturated rings. The van der Waals surface area contributed by atoms with Crippen LogP contribution in [-0.2, 0) is 0 Å². The molecular weight excluding hydrogens is 294 g/mol. The lowest BCUT2D eigenvalue weighted by atomic mass is 9.95. The number of nitrogens with zero attached hydrogens (tertiary/aromatic N) is 1. The lowest BCUT2D eigenvalue weighted by Crippen LogP contribution is -2.32. The van der Waals surface area contributed by atoms with E-state index in [0.717, 1.165) is 30.2 Å². The molecule has 0 bridgehead atoms. The highest BCUT2D eigenvalue weighted by atomic mass is 16.5. The van der Waals surface area contributed by atoms with Gasteiger partial charge in [-0.1, -0.05) is 13.8 Å². The van der Waals surface area contributed by atoms with E-state index in [4.69, 9.17) is 9.47 Å². The summed E-state index contributed by atoms with van der Waals surface area (Å²) >= 11 is 0. The quantitative estimate of drug-likeness (QED) is 0.573. The highest BCUT2D eigenvalue weighted by Crippen LogP contribution is 2.32. The second kappa shape index (κ2) is 8.06. The van der Waals surface area contributed by atoms with Crippen molar-refractivity contribution in [3.63, 3.8) is 0 Å². The number of aliphatic hydroxyl groups excluding tert-OH is 1. The van der Waals surface area contributed by atoms with E-state index in [1.165, 1.54) is 0 Å². The van der Waals surface area contributed by atoms with Crippen molar-refractivity contribution in [2.45, 2.75) is 27.2 Å². The van der Waals surface area contributed by atoms with Crippen molar-refractivity contribution in [2.24, 2.45) is 10.4 Å². The minimum Gasteiger partial charge on any atom is -0.490 e. The first-order valence-electron chi connectivity index (χ1n) is 8.10. The van der Waals surface area contributed by atoms with Gasteiger partial charge in [0.25, 0.3) is 0 Å². The third kappa shape index (κ3) is 5.32. The highest BCUT2D eigenvalue weighted by molar-refractivity contribution is 5.93. The fourth-order valence-corrected chi connectivity index (χ4v) is 2.03. The number of rotatable bonds is 5. The molecule has 0 unspecified atom stereocenters. The molecule has 2 rings (SSSR count). The van der Waals surface area contributed by atoms with Gasteiger partial charge >= 0.3 is 0 Å². The van der Waals surface area contributed by atoms with Gasteiger partial charge in [-0.25, -0.2) is 0 Å². The Hall–Kier alpha value is -1.95. The van der Waals surface area contributed by atoms with Crippen LogP contribution in [0.3, 0.4) is 0 Å². The van der Waals surface area contributed by atoms with Gasteiger partial charge in [-0.3, -0.25) is 4.99 Å². The molecule has 0 amide bonds. The van der Waals surface area contributed by atoms with Gasteiger partial charge in [0.15, 0.2) is 17.5 Å². The summed E-state index contributed by atoms with van der Waals surface area (Å²) in [4.78, 5) is 4.54. The van der Waals surface area contributed by atoms with Gasteiger partial charge in [0.1, 0.15) is 0 Å². The summed E-state index contributed by atoms with van der Waals surface area (Å²) in [6.45, 7) is 8.71. The number of anilines is 1. The number of fused-ring (bicyclic) bond motifs is 1. The summed E-state index contributed by atoms with van der Waals surface area (Å²) in [5, 5.41) is 15.8. The van der Waals surface area contributed by atoms with Crippen LogP contribution >= 0.6 is 0 Å². The molecule has 1 aliphatic rings. The maximum absolute atomic E-state index is 9.35. The van der Waals surface area contributed by atoms with Crippen LogP contribution in [0.2, 0.25) is 0 Å². The topological polar surface area (TPSA) is 75.1 Å². The van der Waals surface area contributed by atoms with E-state index in [1.807, 2.05) is 39.0 Å². The van der Waals surface area contributed by atoms with Crippen LogP contribution in [-0.4, -0.2) is 44.0 Å². The second-order valence-electron chi connectivity index (χ2n) is 6.35. The summed E-state index contributed by atoms with van der Waals surface area (Å²) < 4.78 is 11.3. The van der Waals surface area contributed by atoms with E-state index in [-0.39, 0.29) is 12.0 Å². The van der Waals surface area contributed by atoms with Gasteiger partial charge in [0.05, 0.1) is 19.8 Å². The number of aliphatic imine (C=N–C) groups is 1. The molecule has 3 N–H and O–H groups in total. The van der Waals surface area contributed by atoms with Gasteiger partial charge in [-0.05, 0) is 19.1 Å². The zero-order valence-electron chi connectivity index (χ0n) is 14.2. The third-order valence-electron chi connectivity index (χ3n) is 3.45.